The maximum Gasteiger partial charge on any atom is 0.232 e. The van der Waals surface area contributed by atoms with E-state index in [4.69, 9.17) is 10.5 Å². The van der Waals surface area contributed by atoms with Gasteiger partial charge in [-0.3, -0.25) is 4.79 Å². The second kappa shape index (κ2) is 9.10. The highest BCUT2D eigenvalue weighted by Crippen LogP contribution is 2.08. The Morgan fingerprint density at radius 3 is 3.00 bits per heavy atom. The molecule has 1 heterocycles. The number of halogens is 1. The van der Waals surface area contributed by atoms with E-state index < -0.39 is 0 Å². The summed E-state index contributed by atoms with van der Waals surface area (Å²) in [6.07, 6.45) is 1.14. The molecule has 1 saturated heterocycles. The fourth-order valence-electron chi connectivity index (χ4n) is 1.48. The molecule has 0 aromatic rings. The monoisotopic (exact) mass is 268 g/mol. The van der Waals surface area contributed by atoms with Crippen molar-refractivity contribution in [2.75, 3.05) is 37.7 Å². The fraction of sp³-hybridized carbons (Fsp3) is 0.900. The number of carbonyl (C=O) groups excluding carboxylic acids is 1. The van der Waals surface area contributed by atoms with Crippen LogP contribution in [0.15, 0.2) is 0 Å². The van der Waals surface area contributed by atoms with Gasteiger partial charge in [0, 0.05) is 19.6 Å². The molecule has 1 aliphatic heterocycles. The third-order valence-electron chi connectivity index (χ3n) is 2.33. The first kappa shape index (κ1) is 16.0. The summed E-state index contributed by atoms with van der Waals surface area (Å²) >= 11 is 1.70. The minimum Gasteiger partial charge on any atom is -0.373 e. The summed E-state index contributed by atoms with van der Waals surface area (Å²) in [5, 5.41) is 0. The van der Waals surface area contributed by atoms with Crippen molar-refractivity contribution < 1.29 is 9.53 Å². The molecule has 1 fully saturated rings. The molecular weight excluding hydrogens is 248 g/mol. The van der Waals surface area contributed by atoms with Crippen molar-refractivity contribution in [2.45, 2.75) is 19.4 Å². The lowest BCUT2D eigenvalue weighted by atomic mass is 10.3. The van der Waals surface area contributed by atoms with Gasteiger partial charge in [0.15, 0.2) is 0 Å². The van der Waals surface area contributed by atoms with E-state index in [0.717, 1.165) is 12.2 Å². The smallest absolute Gasteiger partial charge is 0.232 e. The van der Waals surface area contributed by atoms with E-state index in [-0.39, 0.29) is 24.4 Å². The summed E-state index contributed by atoms with van der Waals surface area (Å²) in [6, 6.07) is 0. The molecule has 1 amide bonds. The fourth-order valence-corrected chi connectivity index (χ4v) is 2.27. The number of hydrogen-bond donors (Lipinski definition) is 1. The van der Waals surface area contributed by atoms with Crippen LogP contribution in [-0.4, -0.2) is 54.7 Å². The number of carbonyl (C=O) groups is 1. The molecule has 0 aromatic heterocycles. The first-order chi connectivity index (χ1) is 7.27. The Hall–Kier alpha value is 0.0300. The lowest BCUT2D eigenvalue weighted by molar-refractivity contribution is -0.135. The van der Waals surface area contributed by atoms with Crippen LogP contribution in [0.5, 0.6) is 0 Å². The highest BCUT2D eigenvalue weighted by atomic mass is 35.5. The van der Waals surface area contributed by atoms with Gasteiger partial charge in [0.2, 0.25) is 5.91 Å². The van der Waals surface area contributed by atoms with E-state index in [1.54, 1.807) is 11.8 Å². The van der Waals surface area contributed by atoms with Crippen LogP contribution in [0.1, 0.15) is 13.3 Å². The van der Waals surface area contributed by atoms with Crippen molar-refractivity contribution in [1.82, 2.24) is 4.90 Å². The van der Waals surface area contributed by atoms with Gasteiger partial charge in [-0.25, -0.2) is 0 Å². The third kappa shape index (κ3) is 5.39. The molecule has 0 saturated carbocycles. The molecule has 0 spiro atoms. The van der Waals surface area contributed by atoms with Gasteiger partial charge in [0.25, 0.3) is 0 Å². The highest BCUT2D eigenvalue weighted by Gasteiger charge is 2.22. The number of ether oxygens (including phenoxy) is 1. The van der Waals surface area contributed by atoms with Crippen LogP contribution in [0.2, 0.25) is 0 Å². The molecule has 16 heavy (non-hydrogen) atoms. The van der Waals surface area contributed by atoms with Crippen LogP contribution in [0, 0.1) is 0 Å². The van der Waals surface area contributed by atoms with Gasteiger partial charge in [0.1, 0.15) is 0 Å². The van der Waals surface area contributed by atoms with Crippen LogP contribution < -0.4 is 5.73 Å². The Balaban J connectivity index is 0.00000225. The SMILES string of the molecule is CCCSCC(=O)N1CCOC(CN)C1.Cl. The van der Waals surface area contributed by atoms with Crippen molar-refractivity contribution >= 4 is 30.1 Å². The van der Waals surface area contributed by atoms with Gasteiger partial charge in [0.05, 0.1) is 18.5 Å². The Morgan fingerprint density at radius 2 is 2.38 bits per heavy atom. The van der Waals surface area contributed by atoms with Crippen molar-refractivity contribution in [2.24, 2.45) is 5.73 Å². The van der Waals surface area contributed by atoms with Gasteiger partial charge < -0.3 is 15.4 Å². The van der Waals surface area contributed by atoms with Gasteiger partial charge in [-0.05, 0) is 12.2 Å². The minimum atomic E-state index is 0. The predicted molar refractivity (Wildman–Crippen MR) is 70.2 cm³/mol. The molecule has 96 valence electrons. The lowest BCUT2D eigenvalue weighted by Gasteiger charge is -2.32. The zero-order valence-corrected chi connectivity index (χ0v) is 11.3. The maximum atomic E-state index is 11.7. The zero-order valence-electron chi connectivity index (χ0n) is 9.68. The summed E-state index contributed by atoms with van der Waals surface area (Å²) < 4.78 is 5.41. The third-order valence-corrected chi connectivity index (χ3v) is 3.48. The summed E-state index contributed by atoms with van der Waals surface area (Å²) in [5.41, 5.74) is 5.52. The molecule has 0 aromatic carbocycles. The lowest BCUT2D eigenvalue weighted by Crippen LogP contribution is -2.48. The average molecular weight is 269 g/mol. The molecule has 1 atom stereocenters. The van der Waals surface area contributed by atoms with Gasteiger partial charge in [-0.2, -0.15) is 11.8 Å². The number of thioether (sulfide) groups is 1. The van der Waals surface area contributed by atoms with Crippen molar-refractivity contribution in [1.29, 1.82) is 0 Å². The molecule has 1 rings (SSSR count). The molecule has 6 heteroatoms. The average Bonchev–Trinajstić information content (AvgIpc) is 2.29. The number of amides is 1. The van der Waals surface area contributed by atoms with Gasteiger partial charge in [-0.15, -0.1) is 12.4 Å². The van der Waals surface area contributed by atoms with E-state index in [2.05, 4.69) is 6.92 Å². The number of nitrogens with two attached hydrogens (primary N) is 1. The quantitative estimate of drug-likeness (QED) is 0.748. The first-order valence-electron chi connectivity index (χ1n) is 5.45. The van der Waals surface area contributed by atoms with Crippen molar-refractivity contribution in [3.63, 3.8) is 0 Å². The minimum absolute atomic E-state index is 0. The number of rotatable bonds is 5. The van der Waals surface area contributed by atoms with Gasteiger partial charge in [-0.1, -0.05) is 6.92 Å². The molecule has 4 nitrogen and oxygen atoms in total. The first-order valence-corrected chi connectivity index (χ1v) is 6.60. The zero-order chi connectivity index (χ0) is 11.1. The Kier molecular flexibility index (Phi) is 9.12. The Morgan fingerprint density at radius 1 is 1.62 bits per heavy atom. The molecule has 1 aliphatic rings. The van der Waals surface area contributed by atoms with Crippen molar-refractivity contribution in [3.8, 4) is 0 Å². The van der Waals surface area contributed by atoms with E-state index in [9.17, 15) is 4.79 Å². The standard InChI is InChI=1S/C10H20N2O2S.ClH/c1-2-5-15-8-10(13)12-3-4-14-9(6-11)7-12;/h9H,2-8,11H2,1H3;1H. The normalized spacial score (nSPS) is 20.4. The number of morpholine rings is 1. The Labute approximate surface area is 108 Å². The molecule has 0 bridgehead atoms. The van der Waals surface area contributed by atoms with Crippen LogP contribution in [0.3, 0.4) is 0 Å². The highest BCUT2D eigenvalue weighted by molar-refractivity contribution is 7.99. The van der Waals surface area contributed by atoms with E-state index in [0.29, 0.717) is 32.0 Å². The summed E-state index contributed by atoms with van der Waals surface area (Å²) in [5.74, 6) is 1.86. The summed E-state index contributed by atoms with van der Waals surface area (Å²) in [7, 11) is 0. The van der Waals surface area contributed by atoms with Crippen LogP contribution in [0.25, 0.3) is 0 Å². The largest absolute Gasteiger partial charge is 0.373 e. The van der Waals surface area contributed by atoms with Gasteiger partial charge >= 0.3 is 0 Å². The summed E-state index contributed by atoms with van der Waals surface area (Å²) in [6.45, 7) is 4.60. The second-order valence-corrected chi connectivity index (χ2v) is 4.73. The molecular formula is C10H21ClN2O2S. The summed E-state index contributed by atoms with van der Waals surface area (Å²) in [4.78, 5) is 13.6. The van der Waals surface area contributed by atoms with Crippen LogP contribution in [0.4, 0.5) is 0 Å². The Bertz CT molecular complexity index is 207. The molecule has 0 radical (unpaired) electrons. The van der Waals surface area contributed by atoms with Crippen molar-refractivity contribution in [3.05, 3.63) is 0 Å². The number of hydrogen-bond acceptors (Lipinski definition) is 4. The predicted octanol–water partition coefficient (Wildman–Crippen LogP) is 0.738. The maximum absolute atomic E-state index is 11.7. The van der Waals surface area contributed by atoms with E-state index in [1.807, 2.05) is 4.90 Å². The molecule has 0 aliphatic carbocycles. The molecule has 2 N–H and O–H groups in total. The topological polar surface area (TPSA) is 55.6 Å². The molecule has 1 unspecified atom stereocenters. The second-order valence-electron chi connectivity index (χ2n) is 3.62. The van der Waals surface area contributed by atoms with E-state index >= 15 is 0 Å². The van der Waals surface area contributed by atoms with E-state index in [1.165, 1.54) is 0 Å². The van der Waals surface area contributed by atoms with Crippen LogP contribution >= 0.6 is 24.2 Å². The van der Waals surface area contributed by atoms with Crippen LogP contribution in [-0.2, 0) is 9.53 Å². The number of nitrogens with zero attached hydrogens (tertiary/aromatic N) is 1.